The molecule has 6 heteroatoms. The van der Waals surface area contributed by atoms with Crippen LogP contribution in [0, 0.1) is 0 Å². The molecule has 1 heterocycles. The summed E-state index contributed by atoms with van der Waals surface area (Å²) in [5.74, 6) is -0.111. The smallest absolute Gasteiger partial charge is 0.315 e. The first-order chi connectivity index (χ1) is 13.1. The molecule has 1 fully saturated rings. The number of amides is 3. The van der Waals surface area contributed by atoms with Crippen molar-refractivity contribution in [1.29, 1.82) is 0 Å². The van der Waals surface area contributed by atoms with E-state index < -0.39 is 0 Å². The van der Waals surface area contributed by atoms with Crippen molar-refractivity contribution in [1.82, 2.24) is 10.6 Å². The van der Waals surface area contributed by atoms with Crippen LogP contribution in [0.3, 0.4) is 0 Å². The fourth-order valence-electron chi connectivity index (χ4n) is 3.30. The third-order valence-corrected chi connectivity index (χ3v) is 4.65. The van der Waals surface area contributed by atoms with Gasteiger partial charge < -0.3 is 20.9 Å². The lowest BCUT2D eigenvalue weighted by Crippen LogP contribution is -2.47. The largest absolute Gasteiger partial charge is 0.371 e. The van der Waals surface area contributed by atoms with Crippen molar-refractivity contribution in [3.63, 3.8) is 0 Å². The van der Waals surface area contributed by atoms with Gasteiger partial charge in [-0.1, -0.05) is 30.3 Å². The Kier molecular flexibility index (Phi) is 6.30. The minimum atomic E-state index is -0.155. The number of hydrogen-bond donors (Lipinski definition) is 3. The molecule has 0 aromatic heterocycles. The second-order valence-corrected chi connectivity index (χ2v) is 6.81. The maximum absolute atomic E-state index is 12.2. The van der Waals surface area contributed by atoms with Crippen molar-refractivity contribution in [3.8, 4) is 0 Å². The molecule has 0 aliphatic carbocycles. The minimum absolute atomic E-state index is 0.111. The van der Waals surface area contributed by atoms with Crippen LogP contribution in [0.25, 0.3) is 0 Å². The number of nitrogens with one attached hydrogen (secondary N) is 3. The normalized spacial score (nSPS) is 14.5. The summed E-state index contributed by atoms with van der Waals surface area (Å²) in [4.78, 5) is 25.7. The van der Waals surface area contributed by atoms with E-state index in [0.29, 0.717) is 6.54 Å². The standard InChI is InChI=1S/C21H26N4O2/c1-16(26)23-19-7-5-6-17(14-19)15-22-21(27)24-18-10-12-25(13-11-18)20-8-3-2-4-9-20/h2-9,14,18H,10-13,15H2,1H3,(H,23,26)(H2,22,24,27). The lowest BCUT2D eigenvalue weighted by molar-refractivity contribution is -0.114. The monoisotopic (exact) mass is 366 g/mol. The molecule has 27 heavy (non-hydrogen) atoms. The zero-order valence-corrected chi connectivity index (χ0v) is 15.6. The number of para-hydroxylation sites is 1. The molecule has 1 aliphatic heterocycles. The molecular formula is C21H26N4O2. The lowest BCUT2D eigenvalue weighted by atomic mass is 10.0. The number of anilines is 2. The maximum Gasteiger partial charge on any atom is 0.315 e. The van der Waals surface area contributed by atoms with Crippen LogP contribution in [0.15, 0.2) is 54.6 Å². The number of nitrogens with zero attached hydrogens (tertiary/aromatic N) is 1. The Bertz CT molecular complexity index is 771. The van der Waals surface area contributed by atoms with Crippen LogP contribution in [-0.4, -0.2) is 31.1 Å². The fraction of sp³-hybridized carbons (Fsp3) is 0.333. The molecule has 3 N–H and O–H groups in total. The highest BCUT2D eigenvalue weighted by molar-refractivity contribution is 5.88. The summed E-state index contributed by atoms with van der Waals surface area (Å²) in [6.45, 7) is 3.77. The summed E-state index contributed by atoms with van der Waals surface area (Å²) in [5.41, 5.74) is 2.91. The van der Waals surface area contributed by atoms with Crippen LogP contribution < -0.4 is 20.9 Å². The summed E-state index contributed by atoms with van der Waals surface area (Å²) >= 11 is 0. The van der Waals surface area contributed by atoms with Crippen LogP contribution in [0.5, 0.6) is 0 Å². The molecule has 3 rings (SSSR count). The Morgan fingerprint density at radius 3 is 2.48 bits per heavy atom. The van der Waals surface area contributed by atoms with Crippen molar-refractivity contribution in [2.75, 3.05) is 23.3 Å². The molecule has 6 nitrogen and oxygen atoms in total. The Morgan fingerprint density at radius 2 is 1.78 bits per heavy atom. The van der Waals surface area contributed by atoms with E-state index in [4.69, 9.17) is 0 Å². The average molecular weight is 366 g/mol. The van der Waals surface area contributed by atoms with E-state index in [0.717, 1.165) is 37.2 Å². The van der Waals surface area contributed by atoms with Gasteiger partial charge in [0.1, 0.15) is 0 Å². The van der Waals surface area contributed by atoms with Crippen LogP contribution in [0.2, 0.25) is 0 Å². The second kappa shape index (κ2) is 9.07. The molecule has 2 aromatic carbocycles. The summed E-state index contributed by atoms with van der Waals surface area (Å²) in [5, 5.41) is 8.70. The number of urea groups is 1. The van der Waals surface area contributed by atoms with E-state index in [1.165, 1.54) is 12.6 Å². The van der Waals surface area contributed by atoms with Gasteiger partial charge in [0.05, 0.1) is 0 Å². The quantitative estimate of drug-likeness (QED) is 0.761. The number of piperidine rings is 1. The van der Waals surface area contributed by atoms with Gasteiger partial charge in [-0.3, -0.25) is 4.79 Å². The first-order valence-corrected chi connectivity index (χ1v) is 9.31. The van der Waals surface area contributed by atoms with Gasteiger partial charge in [0.15, 0.2) is 0 Å². The van der Waals surface area contributed by atoms with Crippen LogP contribution in [0.4, 0.5) is 16.2 Å². The molecule has 2 aromatic rings. The average Bonchev–Trinajstić information content (AvgIpc) is 2.67. The van der Waals surface area contributed by atoms with Crippen molar-refractivity contribution in [2.45, 2.75) is 32.4 Å². The van der Waals surface area contributed by atoms with E-state index in [1.807, 2.05) is 42.5 Å². The molecule has 0 bridgehead atoms. The molecule has 1 saturated heterocycles. The number of benzene rings is 2. The molecule has 142 valence electrons. The predicted octanol–water partition coefficient (Wildman–Crippen LogP) is 3.11. The third kappa shape index (κ3) is 5.74. The van der Waals surface area contributed by atoms with Gasteiger partial charge in [-0.05, 0) is 42.7 Å². The Hall–Kier alpha value is -3.02. The third-order valence-electron chi connectivity index (χ3n) is 4.65. The van der Waals surface area contributed by atoms with Gasteiger partial charge in [0, 0.05) is 44.0 Å². The summed E-state index contributed by atoms with van der Waals surface area (Å²) in [7, 11) is 0. The van der Waals surface area contributed by atoms with E-state index in [-0.39, 0.29) is 18.0 Å². The molecule has 0 radical (unpaired) electrons. The summed E-state index contributed by atoms with van der Waals surface area (Å²) in [6.07, 6.45) is 1.86. The van der Waals surface area contributed by atoms with Crippen molar-refractivity contribution in [2.24, 2.45) is 0 Å². The minimum Gasteiger partial charge on any atom is -0.371 e. The van der Waals surface area contributed by atoms with Gasteiger partial charge >= 0.3 is 6.03 Å². The van der Waals surface area contributed by atoms with Gasteiger partial charge in [0.25, 0.3) is 0 Å². The fourth-order valence-corrected chi connectivity index (χ4v) is 3.30. The highest BCUT2D eigenvalue weighted by atomic mass is 16.2. The molecule has 0 spiro atoms. The predicted molar refractivity (Wildman–Crippen MR) is 108 cm³/mol. The van der Waals surface area contributed by atoms with E-state index in [1.54, 1.807) is 0 Å². The maximum atomic E-state index is 12.2. The van der Waals surface area contributed by atoms with Crippen LogP contribution in [0.1, 0.15) is 25.3 Å². The molecule has 0 unspecified atom stereocenters. The van der Waals surface area contributed by atoms with Crippen LogP contribution >= 0.6 is 0 Å². The van der Waals surface area contributed by atoms with Crippen molar-refractivity contribution >= 4 is 23.3 Å². The highest BCUT2D eigenvalue weighted by Crippen LogP contribution is 2.19. The summed E-state index contributed by atoms with van der Waals surface area (Å²) in [6, 6.07) is 17.9. The van der Waals surface area contributed by atoms with Crippen LogP contribution in [-0.2, 0) is 11.3 Å². The Morgan fingerprint density at radius 1 is 1.04 bits per heavy atom. The highest BCUT2D eigenvalue weighted by Gasteiger charge is 2.20. The SMILES string of the molecule is CC(=O)Nc1cccc(CNC(=O)NC2CCN(c3ccccc3)CC2)c1. The first-order valence-electron chi connectivity index (χ1n) is 9.31. The number of carbonyl (C=O) groups is 2. The van der Waals surface area contributed by atoms with Gasteiger partial charge in [-0.2, -0.15) is 0 Å². The molecule has 1 aliphatic rings. The van der Waals surface area contributed by atoms with Crippen molar-refractivity contribution in [3.05, 3.63) is 60.2 Å². The second-order valence-electron chi connectivity index (χ2n) is 6.81. The molecule has 3 amide bonds. The van der Waals surface area contributed by atoms with Crippen molar-refractivity contribution < 1.29 is 9.59 Å². The molecular weight excluding hydrogens is 340 g/mol. The zero-order chi connectivity index (χ0) is 19.1. The lowest BCUT2D eigenvalue weighted by Gasteiger charge is -2.34. The zero-order valence-electron chi connectivity index (χ0n) is 15.6. The Balaban J connectivity index is 1.42. The van der Waals surface area contributed by atoms with Gasteiger partial charge in [-0.25, -0.2) is 4.79 Å². The number of carbonyl (C=O) groups excluding carboxylic acids is 2. The number of rotatable bonds is 5. The van der Waals surface area contributed by atoms with E-state index in [9.17, 15) is 9.59 Å². The van der Waals surface area contributed by atoms with E-state index >= 15 is 0 Å². The molecule has 0 saturated carbocycles. The van der Waals surface area contributed by atoms with Gasteiger partial charge in [0.2, 0.25) is 5.91 Å². The topological polar surface area (TPSA) is 73.5 Å². The Labute approximate surface area is 159 Å². The number of hydrogen-bond acceptors (Lipinski definition) is 3. The van der Waals surface area contributed by atoms with E-state index in [2.05, 4.69) is 33.0 Å². The summed E-state index contributed by atoms with van der Waals surface area (Å²) < 4.78 is 0. The van der Waals surface area contributed by atoms with Gasteiger partial charge in [-0.15, -0.1) is 0 Å². The first kappa shape index (κ1) is 18.8. The molecule has 0 atom stereocenters.